The van der Waals surface area contributed by atoms with Crippen LogP contribution in [0.15, 0.2) is 24.3 Å². The highest BCUT2D eigenvalue weighted by Crippen LogP contribution is 2.44. The predicted octanol–water partition coefficient (Wildman–Crippen LogP) is 1.28. The monoisotopic (exact) mass is 502 g/mol. The van der Waals surface area contributed by atoms with Crippen LogP contribution in [0.4, 0.5) is 13.2 Å². The molecule has 9 nitrogen and oxygen atoms in total. The molecular weight excluding hydrogens is 473 g/mol. The summed E-state index contributed by atoms with van der Waals surface area (Å²) in [5.74, 6) is -3.71. The van der Waals surface area contributed by atoms with Crippen molar-refractivity contribution in [3.8, 4) is 5.88 Å². The molecule has 2 aliphatic rings. The summed E-state index contributed by atoms with van der Waals surface area (Å²) in [6, 6.07) is 6.45. The van der Waals surface area contributed by atoms with Gasteiger partial charge < -0.3 is 35.0 Å². The first-order valence-corrected chi connectivity index (χ1v) is 11.5. The van der Waals surface area contributed by atoms with Crippen molar-refractivity contribution in [2.24, 2.45) is 0 Å². The summed E-state index contributed by atoms with van der Waals surface area (Å²) >= 11 is 0. The van der Waals surface area contributed by atoms with E-state index in [2.05, 4.69) is 5.10 Å². The molecule has 35 heavy (non-hydrogen) atoms. The van der Waals surface area contributed by atoms with Crippen LogP contribution < -0.4 is 4.74 Å². The highest BCUT2D eigenvalue weighted by Gasteiger charge is 2.56. The van der Waals surface area contributed by atoms with Gasteiger partial charge in [0.05, 0.1) is 18.2 Å². The van der Waals surface area contributed by atoms with Crippen molar-refractivity contribution in [2.45, 2.75) is 81.6 Å². The number of aliphatic hydroxyl groups excluding tert-OH is 4. The number of aliphatic hydroxyl groups is 5. The van der Waals surface area contributed by atoms with Gasteiger partial charge in [0.15, 0.2) is 6.10 Å². The number of ether oxygens (including phenoxy) is 2. The molecule has 0 amide bonds. The van der Waals surface area contributed by atoms with Crippen molar-refractivity contribution >= 4 is 0 Å². The SMILES string of the molecule is CCc1ccc(Cc2c(O[C@]3(O)O[C@H](CO)[C@@H](O)[C@H](O)[C@H]3O)nn(C3CCC3)c2C(F)(F)F)cc1. The van der Waals surface area contributed by atoms with E-state index in [0.717, 1.165) is 23.1 Å². The number of aromatic nitrogens is 2. The van der Waals surface area contributed by atoms with Crippen LogP contribution in [0.25, 0.3) is 0 Å². The van der Waals surface area contributed by atoms with Gasteiger partial charge in [-0.15, -0.1) is 5.10 Å². The Hall–Kier alpha value is -2.22. The quantitative estimate of drug-likeness (QED) is 0.357. The van der Waals surface area contributed by atoms with Gasteiger partial charge in [0.25, 0.3) is 0 Å². The van der Waals surface area contributed by atoms with Gasteiger partial charge in [-0.1, -0.05) is 31.2 Å². The number of halogens is 3. The normalized spacial score (nSPS) is 29.7. The van der Waals surface area contributed by atoms with Crippen molar-refractivity contribution < 1.29 is 48.2 Å². The minimum Gasteiger partial charge on any atom is -0.417 e. The molecule has 5 N–H and O–H groups in total. The fourth-order valence-electron chi connectivity index (χ4n) is 4.33. The zero-order chi connectivity index (χ0) is 25.5. The largest absolute Gasteiger partial charge is 0.433 e. The second-order valence-corrected chi connectivity index (χ2v) is 9.00. The summed E-state index contributed by atoms with van der Waals surface area (Å²) < 4.78 is 54.1. The maximum absolute atomic E-state index is 14.3. The molecule has 5 atom stereocenters. The summed E-state index contributed by atoms with van der Waals surface area (Å²) in [6.45, 7) is 1.09. The molecule has 1 saturated heterocycles. The molecule has 0 unspecified atom stereocenters. The zero-order valence-corrected chi connectivity index (χ0v) is 19.0. The molecule has 1 saturated carbocycles. The van der Waals surface area contributed by atoms with E-state index < -0.39 is 60.8 Å². The summed E-state index contributed by atoms with van der Waals surface area (Å²) in [5, 5.41) is 54.6. The predicted molar refractivity (Wildman–Crippen MR) is 114 cm³/mol. The first kappa shape index (κ1) is 25.9. The van der Waals surface area contributed by atoms with E-state index in [1.807, 2.05) is 6.92 Å². The van der Waals surface area contributed by atoms with Gasteiger partial charge in [-0.25, -0.2) is 0 Å². The molecule has 2 heterocycles. The lowest BCUT2D eigenvalue weighted by Crippen LogP contribution is -2.67. The lowest BCUT2D eigenvalue weighted by molar-refractivity contribution is -0.423. The van der Waals surface area contributed by atoms with Gasteiger partial charge in [-0.2, -0.15) is 13.2 Å². The van der Waals surface area contributed by atoms with Crippen LogP contribution >= 0.6 is 0 Å². The number of nitrogens with zero attached hydrogens (tertiary/aromatic N) is 2. The smallest absolute Gasteiger partial charge is 0.417 e. The fraction of sp³-hybridized carbons (Fsp3) is 0.609. The van der Waals surface area contributed by atoms with E-state index >= 15 is 0 Å². The van der Waals surface area contributed by atoms with E-state index in [1.54, 1.807) is 24.3 Å². The van der Waals surface area contributed by atoms with Crippen LogP contribution in [0.1, 0.15) is 54.6 Å². The minimum absolute atomic E-state index is 0.248. The Balaban J connectivity index is 1.78. The van der Waals surface area contributed by atoms with Crippen molar-refractivity contribution in [3.05, 3.63) is 46.6 Å². The molecule has 194 valence electrons. The average Bonchev–Trinajstić information content (AvgIpc) is 3.11. The molecule has 12 heteroatoms. The van der Waals surface area contributed by atoms with Crippen LogP contribution in [0.2, 0.25) is 0 Å². The molecule has 2 aromatic rings. The third kappa shape index (κ3) is 4.91. The molecule has 4 rings (SSSR count). The standard InChI is InChI=1S/C23H29F3N2O7/c1-2-12-6-8-13(9-7-12)10-15-19(22(24,25)26)28(14-4-3-5-14)27-21(15)35-23(33)20(32)18(31)17(30)16(11-29)34-23/h6-9,14,16-18,20,29-33H,2-5,10-11H2,1H3/t16-,17-,18+,20-,23-/m1/s1. The number of benzene rings is 1. The summed E-state index contributed by atoms with van der Waals surface area (Å²) in [6.07, 6.45) is -10.2. The molecule has 1 aliphatic carbocycles. The fourth-order valence-corrected chi connectivity index (χ4v) is 4.33. The molecule has 0 radical (unpaired) electrons. The number of hydrogen-bond acceptors (Lipinski definition) is 8. The molecule has 1 aromatic carbocycles. The van der Waals surface area contributed by atoms with Crippen molar-refractivity contribution in [1.29, 1.82) is 0 Å². The zero-order valence-electron chi connectivity index (χ0n) is 19.0. The van der Waals surface area contributed by atoms with Gasteiger partial charge in [-0.3, -0.25) is 4.68 Å². The molecular formula is C23H29F3N2O7. The maximum atomic E-state index is 14.3. The first-order chi connectivity index (χ1) is 16.5. The Morgan fingerprint density at radius 3 is 2.26 bits per heavy atom. The average molecular weight is 502 g/mol. The Morgan fingerprint density at radius 1 is 1.11 bits per heavy atom. The van der Waals surface area contributed by atoms with E-state index in [-0.39, 0.29) is 12.0 Å². The Morgan fingerprint density at radius 2 is 1.74 bits per heavy atom. The van der Waals surface area contributed by atoms with Gasteiger partial charge in [0.2, 0.25) is 5.88 Å². The lowest BCUT2D eigenvalue weighted by Gasteiger charge is -2.43. The summed E-state index contributed by atoms with van der Waals surface area (Å²) in [7, 11) is 0. The Bertz CT molecular complexity index is 1020. The van der Waals surface area contributed by atoms with Crippen LogP contribution in [0.3, 0.4) is 0 Å². The lowest BCUT2D eigenvalue weighted by atomic mass is 9.93. The number of rotatable bonds is 7. The van der Waals surface area contributed by atoms with Crippen LogP contribution in [-0.2, 0) is 23.8 Å². The Labute approximate surface area is 199 Å². The third-order valence-electron chi connectivity index (χ3n) is 6.64. The van der Waals surface area contributed by atoms with Crippen molar-refractivity contribution in [1.82, 2.24) is 9.78 Å². The highest BCUT2D eigenvalue weighted by molar-refractivity contribution is 5.39. The molecule has 1 aliphatic heterocycles. The van der Waals surface area contributed by atoms with E-state index in [1.165, 1.54) is 0 Å². The van der Waals surface area contributed by atoms with Crippen LogP contribution in [0.5, 0.6) is 5.88 Å². The van der Waals surface area contributed by atoms with Gasteiger partial charge in [0.1, 0.15) is 24.0 Å². The van der Waals surface area contributed by atoms with E-state index in [9.17, 15) is 38.7 Å². The molecule has 2 fully saturated rings. The number of aryl methyl sites for hydroxylation is 1. The second kappa shape index (κ2) is 9.68. The van der Waals surface area contributed by atoms with Gasteiger partial charge >= 0.3 is 12.1 Å². The van der Waals surface area contributed by atoms with Gasteiger partial charge in [0, 0.05) is 6.42 Å². The third-order valence-corrected chi connectivity index (χ3v) is 6.64. The molecule has 1 aromatic heterocycles. The Kier molecular flexibility index (Phi) is 7.15. The van der Waals surface area contributed by atoms with Crippen molar-refractivity contribution in [3.63, 3.8) is 0 Å². The first-order valence-electron chi connectivity index (χ1n) is 11.5. The maximum Gasteiger partial charge on any atom is 0.433 e. The molecule has 0 bridgehead atoms. The van der Waals surface area contributed by atoms with Crippen LogP contribution in [-0.4, -0.2) is 72.3 Å². The van der Waals surface area contributed by atoms with Crippen molar-refractivity contribution in [2.75, 3.05) is 6.61 Å². The van der Waals surface area contributed by atoms with Gasteiger partial charge in [-0.05, 0) is 36.8 Å². The van der Waals surface area contributed by atoms with E-state index in [0.29, 0.717) is 18.4 Å². The minimum atomic E-state index is -4.80. The summed E-state index contributed by atoms with van der Waals surface area (Å²) in [4.78, 5) is 0. The summed E-state index contributed by atoms with van der Waals surface area (Å²) in [5.41, 5.74) is 0.123. The number of alkyl halides is 3. The number of hydrogen-bond donors (Lipinski definition) is 5. The molecule has 0 spiro atoms. The topological polar surface area (TPSA) is 137 Å². The van der Waals surface area contributed by atoms with Crippen LogP contribution in [0, 0.1) is 0 Å². The highest BCUT2D eigenvalue weighted by atomic mass is 19.4. The van der Waals surface area contributed by atoms with E-state index in [4.69, 9.17) is 9.47 Å². The second-order valence-electron chi connectivity index (χ2n) is 9.00.